The number of ether oxygens (including phenoxy) is 1. The number of piperidine rings is 1. The highest BCUT2D eigenvalue weighted by atomic mass is 16.5. The molecule has 3 heterocycles. The van der Waals surface area contributed by atoms with Crippen molar-refractivity contribution in [3.63, 3.8) is 0 Å². The second-order valence-electron chi connectivity index (χ2n) is 7.37. The summed E-state index contributed by atoms with van der Waals surface area (Å²) in [6.45, 7) is 5.87. The molecule has 25 heavy (non-hydrogen) atoms. The summed E-state index contributed by atoms with van der Waals surface area (Å²) < 4.78 is 7.71. The summed E-state index contributed by atoms with van der Waals surface area (Å²) >= 11 is 0. The minimum absolute atomic E-state index is 0.170. The Kier molecular flexibility index (Phi) is 6.45. The van der Waals surface area contributed by atoms with Crippen LogP contribution in [0, 0.1) is 0 Å². The quantitative estimate of drug-likeness (QED) is 0.812. The van der Waals surface area contributed by atoms with Gasteiger partial charge in [0, 0.05) is 63.5 Å². The summed E-state index contributed by atoms with van der Waals surface area (Å²) in [4.78, 5) is 21.3. The molecule has 0 unspecified atom stereocenters. The molecule has 1 atom stereocenters. The topological polar surface area (TPSA) is 62.6 Å². The number of rotatable bonds is 6. The van der Waals surface area contributed by atoms with Crippen LogP contribution >= 0.6 is 0 Å². The van der Waals surface area contributed by atoms with E-state index < -0.39 is 0 Å². The maximum atomic E-state index is 12.5. The van der Waals surface area contributed by atoms with Crippen LogP contribution in [0.1, 0.15) is 31.0 Å². The molecule has 1 aromatic heterocycles. The van der Waals surface area contributed by atoms with E-state index in [-0.39, 0.29) is 11.9 Å². The van der Waals surface area contributed by atoms with Crippen LogP contribution in [-0.2, 0) is 16.1 Å². The third kappa shape index (κ3) is 5.03. The molecule has 0 saturated carbocycles. The fourth-order valence-electron chi connectivity index (χ4n) is 3.66. The minimum atomic E-state index is 0.170. The number of likely N-dealkylation sites (tertiary alicyclic amines) is 1. The molecule has 2 aliphatic rings. The largest absolute Gasteiger partial charge is 0.378 e. The van der Waals surface area contributed by atoms with E-state index in [2.05, 4.69) is 40.1 Å². The molecule has 140 valence electrons. The predicted octanol–water partition coefficient (Wildman–Crippen LogP) is 0.529. The summed E-state index contributed by atoms with van der Waals surface area (Å²) in [7, 11) is 4.18. The Balaban J connectivity index is 1.48. The summed E-state index contributed by atoms with van der Waals surface area (Å²) in [5, 5.41) is 3.36. The summed E-state index contributed by atoms with van der Waals surface area (Å²) in [6, 6.07) is 0.170. The number of hydrogen-bond donors (Lipinski definition) is 1. The van der Waals surface area contributed by atoms with Gasteiger partial charge in [-0.2, -0.15) is 0 Å². The molecule has 2 saturated heterocycles. The van der Waals surface area contributed by atoms with Crippen molar-refractivity contribution in [1.29, 1.82) is 0 Å². The molecular formula is C18H31N5O2. The SMILES string of the molecule is CN(C)CCn1ccnc1C1CCN(C(=O)C[C@@H]2COCCN2)CC1. The molecular weight excluding hydrogens is 318 g/mol. The van der Waals surface area contributed by atoms with E-state index in [1.54, 1.807) is 0 Å². The lowest BCUT2D eigenvalue weighted by Gasteiger charge is -2.33. The van der Waals surface area contributed by atoms with Gasteiger partial charge in [-0.25, -0.2) is 4.98 Å². The number of imidazole rings is 1. The molecule has 0 bridgehead atoms. The van der Waals surface area contributed by atoms with Gasteiger partial charge in [0.2, 0.25) is 5.91 Å². The Labute approximate surface area is 150 Å². The smallest absolute Gasteiger partial charge is 0.224 e. The zero-order chi connectivity index (χ0) is 17.6. The van der Waals surface area contributed by atoms with Crippen LogP contribution in [0.4, 0.5) is 0 Å². The third-order valence-electron chi connectivity index (χ3n) is 5.17. The van der Waals surface area contributed by atoms with Gasteiger partial charge in [0.15, 0.2) is 0 Å². The summed E-state index contributed by atoms with van der Waals surface area (Å²) in [6.07, 6.45) is 6.52. The van der Waals surface area contributed by atoms with Crippen molar-refractivity contribution in [1.82, 2.24) is 24.7 Å². The van der Waals surface area contributed by atoms with Gasteiger partial charge in [-0.05, 0) is 26.9 Å². The van der Waals surface area contributed by atoms with E-state index in [0.29, 0.717) is 18.9 Å². The molecule has 0 radical (unpaired) electrons. The van der Waals surface area contributed by atoms with Crippen molar-refractivity contribution < 1.29 is 9.53 Å². The molecule has 0 aromatic carbocycles. The van der Waals surface area contributed by atoms with E-state index in [1.165, 1.54) is 5.82 Å². The van der Waals surface area contributed by atoms with Crippen LogP contribution in [0.5, 0.6) is 0 Å². The first-order valence-corrected chi connectivity index (χ1v) is 9.38. The third-order valence-corrected chi connectivity index (χ3v) is 5.17. The Bertz CT molecular complexity index is 545. The molecule has 7 nitrogen and oxygen atoms in total. The molecule has 0 aliphatic carbocycles. The van der Waals surface area contributed by atoms with Crippen LogP contribution < -0.4 is 5.32 Å². The van der Waals surface area contributed by atoms with E-state index in [0.717, 1.165) is 52.2 Å². The maximum Gasteiger partial charge on any atom is 0.224 e. The number of nitrogens with one attached hydrogen (secondary N) is 1. The van der Waals surface area contributed by atoms with Crippen LogP contribution in [-0.4, -0.2) is 84.8 Å². The van der Waals surface area contributed by atoms with Gasteiger partial charge >= 0.3 is 0 Å². The van der Waals surface area contributed by atoms with E-state index >= 15 is 0 Å². The average molecular weight is 349 g/mol. The number of likely N-dealkylation sites (N-methyl/N-ethyl adjacent to an activating group) is 1. The van der Waals surface area contributed by atoms with Crippen molar-refractivity contribution in [2.75, 3.05) is 53.5 Å². The predicted molar refractivity (Wildman–Crippen MR) is 96.6 cm³/mol. The van der Waals surface area contributed by atoms with Crippen molar-refractivity contribution in [3.05, 3.63) is 18.2 Å². The van der Waals surface area contributed by atoms with Gasteiger partial charge in [0.05, 0.1) is 13.2 Å². The lowest BCUT2D eigenvalue weighted by molar-refractivity contribution is -0.133. The average Bonchev–Trinajstić information content (AvgIpc) is 3.09. The first kappa shape index (κ1) is 18.4. The number of amides is 1. The van der Waals surface area contributed by atoms with Crippen molar-refractivity contribution >= 4 is 5.91 Å². The van der Waals surface area contributed by atoms with Crippen LogP contribution in [0.25, 0.3) is 0 Å². The Morgan fingerprint density at radius 1 is 1.40 bits per heavy atom. The lowest BCUT2D eigenvalue weighted by atomic mass is 9.95. The Morgan fingerprint density at radius 2 is 2.20 bits per heavy atom. The lowest BCUT2D eigenvalue weighted by Crippen LogP contribution is -2.46. The van der Waals surface area contributed by atoms with Crippen molar-refractivity contribution in [2.45, 2.75) is 37.8 Å². The fourth-order valence-corrected chi connectivity index (χ4v) is 3.66. The van der Waals surface area contributed by atoms with Crippen molar-refractivity contribution in [3.8, 4) is 0 Å². The number of nitrogens with zero attached hydrogens (tertiary/aromatic N) is 4. The fraction of sp³-hybridized carbons (Fsp3) is 0.778. The van der Waals surface area contributed by atoms with Crippen LogP contribution in [0.15, 0.2) is 12.4 Å². The Hall–Kier alpha value is -1.44. The zero-order valence-corrected chi connectivity index (χ0v) is 15.5. The van der Waals surface area contributed by atoms with E-state index in [4.69, 9.17) is 4.74 Å². The molecule has 2 aliphatic heterocycles. The number of hydrogen-bond acceptors (Lipinski definition) is 5. The monoisotopic (exact) mass is 349 g/mol. The van der Waals surface area contributed by atoms with Gasteiger partial charge in [0.1, 0.15) is 5.82 Å². The molecule has 1 aromatic rings. The molecule has 3 rings (SSSR count). The first-order valence-electron chi connectivity index (χ1n) is 9.38. The van der Waals surface area contributed by atoms with Gasteiger partial charge < -0.3 is 24.4 Å². The first-order chi connectivity index (χ1) is 12.1. The highest BCUT2D eigenvalue weighted by Crippen LogP contribution is 2.27. The molecule has 1 N–H and O–H groups in total. The molecule has 0 spiro atoms. The summed E-state index contributed by atoms with van der Waals surface area (Å²) in [5.74, 6) is 1.88. The van der Waals surface area contributed by atoms with Crippen LogP contribution in [0.3, 0.4) is 0 Å². The molecule has 1 amide bonds. The molecule has 7 heteroatoms. The maximum absolute atomic E-state index is 12.5. The second-order valence-corrected chi connectivity index (χ2v) is 7.37. The Morgan fingerprint density at radius 3 is 2.88 bits per heavy atom. The number of aromatic nitrogens is 2. The number of carbonyl (C=O) groups is 1. The number of morpholine rings is 1. The normalized spacial score (nSPS) is 22.5. The minimum Gasteiger partial charge on any atom is -0.378 e. The standard InChI is InChI=1S/C18H31N5O2/c1-21(2)10-11-23-9-5-20-18(23)15-3-7-22(8-4-15)17(24)13-16-14-25-12-6-19-16/h5,9,15-16,19H,3-4,6-8,10-14H2,1-2H3/t16-/m1/s1. The molecule has 2 fully saturated rings. The van der Waals surface area contributed by atoms with Gasteiger partial charge in [-0.15, -0.1) is 0 Å². The van der Waals surface area contributed by atoms with Crippen molar-refractivity contribution in [2.24, 2.45) is 0 Å². The second kappa shape index (κ2) is 8.78. The highest BCUT2D eigenvalue weighted by molar-refractivity contribution is 5.77. The van der Waals surface area contributed by atoms with Gasteiger partial charge in [0.25, 0.3) is 0 Å². The van der Waals surface area contributed by atoms with Crippen LogP contribution in [0.2, 0.25) is 0 Å². The zero-order valence-electron chi connectivity index (χ0n) is 15.5. The number of carbonyl (C=O) groups excluding carboxylic acids is 1. The highest BCUT2D eigenvalue weighted by Gasteiger charge is 2.28. The van der Waals surface area contributed by atoms with E-state index in [1.807, 2.05) is 11.1 Å². The summed E-state index contributed by atoms with van der Waals surface area (Å²) in [5.41, 5.74) is 0. The van der Waals surface area contributed by atoms with Gasteiger partial charge in [-0.1, -0.05) is 0 Å². The van der Waals surface area contributed by atoms with E-state index in [9.17, 15) is 4.79 Å². The van der Waals surface area contributed by atoms with Gasteiger partial charge in [-0.3, -0.25) is 4.79 Å².